The van der Waals surface area contributed by atoms with Gasteiger partial charge in [-0.2, -0.15) is 0 Å². The molecule has 92 valence electrons. The second-order valence-corrected chi connectivity index (χ2v) is 4.10. The van der Waals surface area contributed by atoms with Gasteiger partial charge < -0.3 is 5.73 Å². The lowest BCUT2D eigenvalue weighted by Gasteiger charge is -2.08. The molecular weight excluding hydrogens is 214 g/mol. The molecule has 0 spiro atoms. The van der Waals surface area contributed by atoms with Crippen LogP contribution in [0.5, 0.6) is 0 Å². The number of primary amides is 1. The lowest BCUT2D eigenvalue weighted by molar-refractivity contribution is -0.118. The Hall–Kier alpha value is -1.64. The molecule has 17 heavy (non-hydrogen) atoms. The zero-order valence-corrected chi connectivity index (χ0v) is 10.5. The van der Waals surface area contributed by atoms with Crippen LogP contribution in [0.25, 0.3) is 0 Å². The van der Waals surface area contributed by atoms with E-state index in [9.17, 15) is 9.59 Å². The quantitative estimate of drug-likeness (QED) is 0.819. The number of carbonyl (C=O) groups excluding carboxylic acids is 2. The van der Waals surface area contributed by atoms with Crippen LogP contribution in [0.4, 0.5) is 0 Å². The van der Waals surface area contributed by atoms with Crippen molar-refractivity contribution >= 4 is 11.7 Å². The van der Waals surface area contributed by atoms with Crippen molar-refractivity contribution in [3.05, 3.63) is 34.9 Å². The van der Waals surface area contributed by atoms with Gasteiger partial charge in [0.2, 0.25) is 5.91 Å². The first kappa shape index (κ1) is 13.4. The predicted octanol–water partition coefficient (Wildman–Crippen LogP) is 2.26. The summed E-state index contributed by atoms with van der Waals surface area (Å²) in [6, 6.07) is 5.72. The van der Waals surface area contributed by atoms with Crippen molar-refractivity contribution in [2.75, 3.05) is 0 Å². The van der Waals surface area contributed by atoms with Gasteiger partial charge in [-0.15, -0.1) is 0 Å². The SMILES string of the molecule is CCC(=O)CCc1ccc(CC)cc1C(N)=O. The van der Waals surface area contributed by atoms with Crippen molar-refractivity contribution in [3.8, 4) is 0 Å². The van der Waals surface area contributed by atoms with Crippen molar-refractivity contribution in [1.29, 1.82) is 0 Å². The number of benzene rings is 1. The Kier molecular flexibility index (Phi) is 4.88. The average Bonchev–Trinajstić information content (AvgIpc) is 2.35. The summed E-state index contributed by atoms with van der Waals surface area (Å²) >= 11 is 0. The smallest absolute Gasteiger partial charge is 0.248 e. The molecule has 0 unspecified atom stereocenters. The van der Waals surface area contributed by atoms with Crippen LogP contribution in [-0.2, 0) is 17.6 Å². The third kappa shape index (κ3) is 3.70. The van der Waals surface area contributed by atoms with Crippen LogP contribution in [0.2, 0.25) is 0 Å². The monoisotopic (exact) mass is 233 g/mol. The van der Waals surface area contributed by atoms with Gasteiger partial charge in [-0.3, -0.25) is 9.59 Å². The molecule has 1 aromatic rings. The van der Waals surface area contributed by atoms with Gasteiger partial charge in [0, 0.05) is 18.4 Å². The minimum absolute atomic E-state index is 0.208. The molecule has 0 bridgehead atoms. The van der Waals surface area contributed by atoms with Crippen molar-refractivity contribution in [1.82, 2.24) is 0 Å². The first-order valence-corrected chi connectivity index (χ1v) is 6.01. The lowest BCUT2D eigenvalue weighted by atomic mass is 9.97. The van der Waals surface area contributed by atoms with Crippen LogP contribution >= 0.6 is 0 Å². The van der Waals surface area contributed by atoms with Crippen molar-refractivity contribution in [3.63, 3.8) is 0 Å². The fourth-order valence-corrected chi connectivity index (χ4v) is 1.74. The van der Waals surface area contributed by atoms with Gasteiger partial charge in [0.1, 0.15) is 5.78 Å². The van der Waals surface area contributed by atoms with E-state index in [-0.39, 0.29) is 5.78 Å². The molecule has 0 heterocycles. The molecule has 0 aromatic heterocycles. The molecule has 3 nitrogen and oxygen atoms in total. The molecule has 1 amide bonds. The van der Waals surface area contributed by atoms with Crippen LogP contribution in [0, 0.1) is 0 Å². The van der Waals surface area contributed by atoms with Crippen LogP contribution in [-0.4, -0.2) is 11.7 Å². The number of hydrogen-bond donors (Lipinski definition) is 1. The van der Waals surface area contributed by atoms with E-state index >= 15 is 0 Å². The van der Waals surface area contributed by atoms with E-state index in [1.807, 2.05) is 32.0 Å². The van der Waals surface area contributed by atoms with Crippen molar-refractivity contribution < 1.29 is 9.59 Å². The molecule has 0 fully saturated rings. The summed E-state index contributed by atoms with van der Waals surface area (Å²) in [5.41, 5.74) is 7.86. The molecule has 0 radical (unpaired) electrons. The second-order valence-electron chi connectivity index (χ2n) is 4.10. The minimum Gasteiger partial charge on any atom is -0.366 e. The van der Waals surface area contributed by atoms with Crippen LogP contribution in [0.3, 0.4) is 0 Å². The Balaban J connectivity index is 2.90. The molecule has 3 heteroatoms. The first-order valence-electron chi connectivity index (χ1n) is 6.01. The Morgan fingerprint density at radius 3 is 2.47 bits per heavy atom. The highest BCUT2D eigenvalue weighted by Crippen LogP contribution is 2.15. The first-order chi connectivity index (χ1) is 8.08. The Morgan fingerprint density at radius 1 is 1.24 bits per heavy atom. The molecule has 2 N–H and O–H groups in total. The molecular formula is C14H19NO2. The fourth-order valence-electron chi connectivity index (χ4n) is 1.74. The summed E-state index contributed by atoms with van der Waals surface area (Å²) in [5, 5.41) is 0. The fraction of sp³-hybridized carbons (Fsp3) is 0.429. The molecule has 0 aliphatic carbocycles. The van der Waals surface area contributed by atoms with Gasteiger partial charge in [-0.1, -0.05) is 26.0 Å². The molecule has 1 rings (SSSR count). The second kappa shape index (κ2) is 6.18. The van der Waals surface area contributed by atoms with E-state index in [1.54, 1.807) is 0 Å². The third-order valence-electron chi connectivity index (χ3n) is 2.92. The van der Waals surface area contributed by atoms with E-state index in [2.05, 4.69) is 0 Å². The number of nitrogens with two attached hydrogens (primary N) is 1. The summed E-state index contributed by atoms with van der Waals surface area (Å²) in [6.45, 7) is 3.87. The molecule has 1 aromatic carbocycles. The largest absolute Gasteiger partial charge is 0.366 e. The summed E-state index contributed by atoms with van der Waals surface area (Å²) in [7, 11) is 0. The number of carbonyl (C=O) groups is 2. The van der Waals surface area contributed by atoms with Crippen LogP contribution in [0.1, 0.15) is 48.2 Å². The standard InChI is InChI=1S/C14H19NO2/c1-3-10-5-6-11(7-8-12(16)4-2)13(9-10)14(15)17/h5-6,9H,3-4,7-8H2,1-2H3,(H2,15,17). The number of rotatable bonds is 6. The van der Waals surface area contributed by atoms with Crippen molar-refractivity contribution in [2.45, 2.75) is 39.5 Å². The van der Waals surface area contributed by atoms with Gasteiger partial charge in [-0.05, 0) is 30.0 Å². The maximum absolute atomic E-state index is 11.3. The Labute approximate surface area is 102 Å². The van der Waals surface area contributed by atoms with Crippen LogP contribution in [0.15, 0.2) is 18.2 Å². The molecule has 0 aliphatic heterocycles. The summed E-state index contributed by atoms with van der Waals surface area (Å²) in [6.07, 6.45) is 2.48. The van der Waals surface area contributed by atoms with E-state index < -0.39 is 5.91 Å². The third-order valence-corrected chi connectivity index (χ3v) is 2.92. The van der Waals surface area contributed by atoms with Gasteiger partial charge >= 0.3 is 0 Å². The summed E-state index contributed by atoms with van der Waals surface area (Å²) in [4.78, 5) is 22.6. The number of Topliss-reactive ketones (excluding diaryl/α,β-unsaturated/α-hetero) is 1. The number of amides is 1. The highest BCUT2D eigenvalue weighted by Gasteiger charge is 2.10. The minimum atomic E-state index is -0.417. The predicted molar refractivity (Wildman–Crippen MR) is 68.0 cm³/mol. The summed E-state index contributed by atoms with van der Waals surface area (Å²) < 4.78 is 0. The number of aryl methyl sites for hydroxylation is 2. The number of hydrogen-bond acceptors (Lipinski definition) is 2. The maximum Gasteiger partial charge on any atom is 0.248 e. The van der Waals surface area contributed by atoms with Gasteiger partial charge in [0.25, 0.3) is 0 Å². The summed E-state index contributed by atoms with van der Waals surface area (Å²) in [5.74, 6) is -0.209. The zero-order valence-electron chi connectivity index (χ0n) is 10.5. The molecule has 0 aliphatic rings. The molecule has 0 saturated carbocycles. The average molecular weight is 233 g/mol. The Bertz CT molecular complexity index is 424. The van der Waals surface area contributed by atoms with Crippen molar-refractivity contribution in [2.24, 2.45) is 5.73 Å². The van der Waals surface area contributed by atoms with E-state index in [1.165, 1.54) is 0 Å². The van der Waals surface area contributed by atoms with Crippen LogP contribution < -0.4 is 5.73 Å². The Morgan fingerprint density at radius 2 is 1.94 bits per heavy atom. The number of ketones is 1. The van der Waals surface area contributed by atoms with E-state index in [0.29, 0.717) is 24.8 Å². The topological polar surface area (TPSA) is 60.2 Å². The highest BCUT2D eigenvalue weighted by atomic mass is 16.1. The van der Waals surface area contributed by atoms with E-state index in [0.717, 1.165) is 17.5 Å². The lowest BCUT2D eigenvalue weighted by Crippen LogP contribution is -2.15. The van der Waals surface area contributed by atoms with Gasteiger partial charge in [-0.25, -0.2) is 0 Å². The normalized spacial score (nSPS) is 10.2. The zero-order chi connectivity index (χ0) is 12.8. The molecule has 0 saturated heterocycles. The molecule has 0 atom stereocenters. The maximum atomic E-state index is 11.3. The van der Waals surface area contributed by atoms with Gasteiger partial charge in [0.15, 0.2) is 0 Å². The highest BCUT2D eigenvalue weighted by molar-refractivity contribution is 5.94. The van der Waals surface area contributed by atoms with E-state index in [4.69, 9.17) is 5.73 Å². The van der Waals surface area contributed by atoms with Gasteiger partial charge in [0.05, 0.1) is 0 Å².